The molecule has 0 fully saturated rings. The maximum Gasteiger partial charge on any atom is 0.0428 e. The van der Waals surface area contributed by atoms with Crippen LogP contribution in [0.2, 0.25) is 0 Å². The van der Waals surface area contributed by atoms with E-state index in [0.717, 1.165) is 25.7 Å². The van der Waals surface area contributed by atoms with Crippen LogP contribution in [0, 0.1) is 0 Å². The molecule has 19 heavy (non-hydrogen) atoms. The first-order valence-corrected chi connectivity index (χ1v) is 6.91. The van der Waals surface area contributed by atoms with Gasteiger partial charge in [-0.15, -0.1) is 0 Å². The van der Waals surface area contributed by atoms with Crippen molar-refractivity contribution in [3.63, 3.8) is 0 Å². The van der Waals surface area contributed by atoms with Gasteiger partial charge in [0, 0.05) is 40.6 Å². The van der Waals surface area contributed by atoms with Crippen LogP contribution in [0.15, 0.2) is 0 Å². The Morgan fingerprint density at radius 3 is 0.579 bits per heavy atom. The molecule has 4 N–H and O–H groups in total. The highest BCUT2D eigenvalue weighted by molar-refractivity contribution is 4.11. The second-order valence-electron chi connectivity index (χ2n) is 3.30. The first kappa shape index (κ1) is 31.3. The Labute approximate surface area is 120 Å². The van der Waals surface area contributed by atoms with Crippen molar-refractivity contribution in [2.24, 2.45) is 0 Å². The summed E-state index contributed by atoms with van der Waals surface area (Å²) < 4.78 is 4.25. The molecule has 5 nitrogen and oxygen atoms in total. The van der Waals surface area contributed by atoms with Gasteiger partial charge in [-0.05, 0) is 25.7 Å². The molecular weight excluding hydrogens is 248 g/mol. The summed E-state index contributed by atoms with van der Waals surface area (Å²) in [6.45, 7) is 9.00. The van der Waals surface area contributed by atoms with Crippen molar-refractivity contribution in [1.29, 1.82) is 0 Å². The predicted octanol–water partition coefficient (Wildman–Crippen LogP) is 1.82. The summed E-state index contributed by atoms with van der Waals surface area (Å²) in [6.07, 6.45) is 3.50. The highest BCUT2D eigenvalue weighted by Crippen LogP contribution is 1.62. The Kier molecular flexibility index (Phi) is 107. The van der Waals surface area contributed by atoms with Crippen molar-refractivity contribution in [2.45, 2.75) is 53.4 Å². The third kappa shape index (κ3) is 308. The molecule has 0 amide bonds. The number of hydrogen-bond donors (Lipinski definition) is 4. The smallest absolute Gasteiger partial charge is 0.0428 e. The maximum absolute atomic E-state index is 7.88. The van der Waals surface area contributed by atoms with Crippen LogP contribution in [-0.2, 0) is 4.74 Å². The minimum Gasteiger partial charge on any atom is -0.396 e. The Hall–Kier alpha value is -0.200. The molecule has 0 aromatic heterocycles. The third-order valence-electron chi connectivity index (χ3n) is 0.894. The second kappa shape index (κ2) is 64.9. The van der Waals surface area contributed by atoms with Gasteiger partial charge in [-0.2, -0.15) is 0 Å². The molecule has 0 saturated carbocycles. The quantitative estimate of drug-likeness (QED) is 0.633. The molecule has 5 heteroatoms. The van der Waals surface area contributed by atoms with E-state index in [9.17, 15) is 0 Å². The van der Waals surface area contributed by atoms with Gasteiger partial charge >= 0.3 is 0 Å². The zero-order valence-electron chi connectivity index (χ0n) is 13.9. The Morgan fingerprint density at radius 1 is 0.526 bits per heavy atom. The van der Waals surface area contributed by atoms with Crippen molar-refractivity contribution in [2.75, 3.05) is 40.6 Å². The molecular formula is C14H38O5. The van der Waals surface area contributed by atoms with Gasteiger partial charge in [-0.25, -0.2) is 0 Å². The molecule has 0 heterocycles. The minimum absolute atomic E-state index is 0.319. The summed E-state index contributed by atoms with van der Waals surface area (Å²) >= 11 is 0. The molecule has 124 valence electrons. The first-order chi connectivity index (χ1) is 9.07. The average Bonchev–Trinajstić information content (AvgIpc) is 2.48. The molecule has 0 saturated heterocycles. The lowest BCUT2D eigenvalue weighted by atomic mass is 10.5. The zero-order valence-corrected chi connectivity index (χ0v) is 13.9. The Morgan fingerprint density at radius 2 is 0.579 bits per heavy atom. The molecule has 0 unspecified atom stereocenters. The van der Waals surface area contributed by atoms with Crippen LogP contribution in [0.4, 0.5) is 0 Å². The summed E-state index contributed by atoms with van der Waals surface area (Å²) in [5.74, 6) is 0. The van der Waals surface area contributed by atoms with Gasteiger partial charge in [0.25, 0.3) is 0 Å². The van der Waals surface area contributed by atoms with E-state index in [0.29, 0.717) is 26.4 Å². The molecule has 0 aromatic carbocycles. The molecule has 0 spiro atoms. The molecule has 0 aromatic rings. The average molecular weight is 286 g/mol. The monoisotopic (exact) mass is 286 g/mol. The minimum atomic E-state index is 0.319. The second-order valence-corrected chi connectivity index (χ2v) is 3.30. The molecule has 0 aliphatic rings. The lowest BCUT2D eigenvalue weighted by Gasteiger charge is -1.69. The van der Waals surface area contributed by atoms with E-state index in [-0.39, 0.29) is 0 Å². The van der Waals surface area contributed by atoms with Gasteiger partial charge < -0.3 is 25.2 Å². The number of aliphatic hydroxyl groups excluding tert-OH is 4. The lowest BCUT2D eigenvalue weighted by molar-refractivity contribution is 0.277. The van der Waals surface area contributed by atoms with Crippen molar-refractivity contribution in [1.82, 2.24) is 0 Å². The number of aliphatic hydroxyl groups is 4. The van der Waals surface area contributed by atoms with Crippen LogP contribution < -0.4 is 0 Å². The zero-order chi connectivity index (χ0) is 16.4. The van der Waals surface area contributed by atoms with Crippen LogP contribution >= 0.6 is 0 Å². The fourth-order valence-corrected chi connectivity index (χ4v) is 0. The van der Waals surface area contributed by atoms with Crippen molar-refractivity contribution in [3.8, 4) is 0 Å². The van der Waals surface area contributed by atoms with E-state index in [1.54, 1.807) is 14.2 Å². The molecule has 0 aliphatic carbocycles. The maximum atomic E-state index is 7.88. The summed E-state index contributed by atoms with van der Waals surface area (Å²) in [4.78, 5) is 0. The van der Waals surface area contributed by atoms with E-state index in [4.69, 9.17) is 20.4 Å². The van der Waals surface area contributed by atoms with Crippen LogP contribution in [-0.4, -0.2) is 61.1 Å². The normalized spacial score (nSPS) is 7.26. The van der Waals surface area contributed by atoms with E-state index >= 15 is 0 Å². The first-order valence-electron chi connectivity index (χ1n) is 6.91. The van der Waals surface area contributed by atoms with E-state index in [1.807, 2.05) is 27.7 Å². The van der Waals surface area contributed by atoms with E-state index in [2.05, 4.69) is 4.74 Å². The van der Waals surface area contributed by atoms with Crippen molar-refractivity contribution in [3.05, 3.63) is 0 Å². The van der Waals surface area contributed by atoms with Crippen molar-refractivity contribution >= 4 is 0 Å². The lowest BCUT2D eigenvalue weighted by Crippen LogP contribution is -1.69. The van der Waals surface area contributed by atoms with Gasteiger partial charge in [0.1, 0.15) is 0 Å². The number of rotatable bonds is 4. The summed E-state index contributed by atoms with van der Waals surface area (Å²) in [5.41, 5.74) is 0. The molecule has 0 atom stereocenters. The van der Waals surface area contributed by atoms with Crippen LogP contribution in [0.3, 0.4) is 0 Å². The largest absolute Gasteiger partial charge is 0.396 e. The van der Waals surface area contributed by atoms with Gasteiger partial charge in [0.2, 0.25) is 0 Å². The molecule has 0 radical (unpaired) electrons. The van der Waals surface area contributed by atoms with E-state index < -0.39 is 0 Å². The summed E-state index contributed by atoms with van der Waals surface area (Å²) in [5, 5.41) is 31.5. The molecule has 0 rings (SSSR count). The van der Waals surface area contributed by atoms with Crippen LogP contribution in [0.1, 0.15) is 53.4 Å². The summed E-state index contributed by atoms with van der Waals surface area (Å²) in [6, 6.07) is 0. The van der Waals surface area contributed by atoms with Crippen LogP contribution in [0.5, 0.6) is 0 Å². The summed E-state index contributed by atoms with van der Waals surface area (Å²) in [7, 11) is 3.25. The van der Waals surface area contributed by atoms with Gasteiger partial charge in [-0.3, -0.25) is 0 Å². The fourth-order valence-electron chi connectivity index (χ4n) is 0. The highest BCUT2D eigenvalue weighted by atomic mass is 16.4. The van der Waals surface area contributed by atoms with Crippen LogP contribution in [0.25, 0.3) is 0 Å². The molecule has 0 bridgehead atoms. The standard InChI is InChI=1S/4C3H8O.C2H6O/c4*1-2-3-4;1-3-2/h4*4H,2-3H2,1H3;1-2H3. The number of ether oxygens (including phenoxy) is 1. The fraction of sp³-hybridized carbons (Fsp3) is 1.00. The number of hydrogen-bond acceptors (Lipinski definition) is 5. The topological polar surface area (TPSA) is 90.2 Å². The van der Waals surface area contributed by atoms with Gasteiger partial charge in [0.15, 0.2) is 0 Å². The molecule has 0 aliphatic heterocycles. The van der Waals surface area contributed by atoms with E-state index in [1.165, 1.54) is 0 Å². The van der Waals surface area contributed by atoms with Crippen molar-refractivity contribution < 1.29 is 25.2 Å². The number of methoxy groups -OCH3 is 1. The Balaban J connectivity index is -0.0000000432. The van der Waals surface area contributed by atoms with Gasteiger partial charge in [-0.1, -0.05) is 27.7 Å². The third-order valence-corrected chi connectivity index (χ3v) is 0.894. The highest BCUT2D eigenvalue weighted by Gasteiger charge is 1.58. The predicted molar refractivity (Wildman–Crippen MR) is 82.4 cm³/mol. The Bertz CT molecular complexity index is 48.9. The SMILES string of the molecule is CCCO.CCCO.CCCO.CCCO.COC. The van der Waals surface area contributed by atoms with Gasteiger partial charge in [0.05, 0.1) is 0 Å².